The summed E-state index contributed by atoms with van der Waals surface area (Å²) >= 11 is 0. The second-order valence-corrected chi connectivity index (χ2v) is 13.3. The van der Waals surface area contributed by atoms with Gasteiger partial charge in [-0.15, -0.1) is 0 Å². The maximum atomic E-state index is 13.8. The summed E-state index contributed by atoms with van der Waals surface area (Å²) in [6.07, 6.45) is 0.696. The van der Waals surface area contributed by atoms with E-state index in [1.54, 1.807) is 13.8 Å². The van der Waals surface area contributed by atoms with Crippen LogP contribution in [0.1, 0.15) is 51.6 Å². The topological polar surface area (TPSA) is 452 Å². The number of aliphatic hydroxyl groups excluding tert-OH is 2. The van der Waals surface area contributed by atoms with Crippen LogP contribution in [0.25, 0.3) is 0 Å². The van der Waals surface area contributed by atoms with Gasteiger partial charge in [-0.3, -0.25) is 43.3 Å². The fourth-order valence-electron chi connectivity index (χ4n) is 4.99. The lowest BCUT2D eigenvalue weighted by molar-refractivity contribution is -0.144. The number of carboxylic acids is 2. The van der Waals surface area contributed by atoms with Gasteiger partial charge in [0.15, 0.2) is 5.96 Å². The normalized spacial score (nSPS) is 14.5. The predicted octanol–water partition coefficient (Wildman–Crippen LogP) is -7.29. The third-order valence-corrected chi connectivity index (χ3v) is 7.92. The van der Waals surface area contributed by atoms with Crippen LogP contribution in [-0.2, 0) is 49.6 Å². The molecule has 1 heterocycles. The average Bonchev–Trinajstić information content (AvgIpc) is 3.65. The molecule has 7 amide bonds. The Hall–Kier alpha value is -6.41. The summed E-state index contributed by atoms with van der Waals surface area (Å²) in [5, 5.41) is 51.8. The number of aromatic amines is 1. The highest BCUT2D eigenvalue weighted by Gasteiger charge is 2.35. The lowest BCUT2D eigenvalue weighted by atomic mass is 10.0. The number of carbonyl (C=O) groups is 9. The molecule has 0 spiro atoms. The van der Waals surface area contributed by atoms with Crippen molar-refractivity contribution in [3.63, 3.8) is 0 Å². The molecule has 7 atom stereocenters. The van der Waals surface area contributed by atoms with E-state index in [0.717, 1.165) is 0 Å². The van der Waals surface area contributed by atoms with Gasteiger partial charge in [0.2, 0.25) is 41.4 Å². The molecule has 0 aromatic carbocycles. The number of nitrogens with one attached hydrogen (secondary N) is 7. The molecule has 58 heavy (non-hydrogen) atoms. The molecule has 0 saturated carbocycles. The summed E-state index contributed by atoms with van der Waals surface area (Å²) in [6, 6.07) is -11.3. The van der Waals surface area contributed by atoms with E-state index in [-0.39, 0.29) is 49.8 Å². The Morgan fingerprint density at radius 3 is 1.67 bits per heavy atom. The van der Waals surface area contributed by atoms with Gasteiger partial charge in [-0.05, 0) is 25.2 Å². The van der Waals surface area contributed by atoms with Crippen molar-refractivity contribution in [1.82, 2.24) is 41.9 Å². The lowest BCUT2D eigenvalue weighted by Gasteiger charge is -2.27. The van der Waals surface area contributed by atoms with Crippen molar-refractivity contribution in [2.75, 3.05) is 19.8 Å². The summed E-state index contributed by atoms with van der Waals surface area (Å²) in [4.78, 5) is 124. The average molecular weight is 828 g/mol. The number of aliphatic imine (C=N–C) groups is 1. The van der Waals surface area contributed by atoms with Crippen LogP contribution in [-0.4, -0.2) is 152 Å². The molecule has 0 aliphatic heterocycles. The molecule has 0 bridgehead atoms. The zero-order chi connectivity index (χ0) is 44.1. The SMILES string of the molecule is CC(C)C[C@H](NC(=O)[C@H](Cc1cnc[nH]1)NC(=O)[C@H](CC(=O)O)NC(=O)[C@H](CO)NC(=O)[C@@H](N)CCCN=C(N)N)C(=O)N[C@@H](CO)C(=O)N[C@@H](CC(N)=O)C(=O)O. The van der Waals surface area contributed by atoms with Gasteiger partial charge < -0.3 is 80.2 Å². The fraction of sp³-hybridized carbons (Fsp3) is 0.594. The van der Waals surface area contributed by atoms with Crippen LogP contribution in [0.5, 0.6) is 0 Å². The minimum absolute atomic E-state index is 0.0760. The number of aromatic nitrogens is 2. The number of hydrogen-bond donors (Lipinski definition) is 15. The van der Waals surface area contributed by atoms with Gasteiger partial charge in [0.1, 0.15) is 36.3 Å². The fourth-order valence-corrected chi connectivity index (χ4v) is 4.99. The molecule has 0 saturated heterocycles. The Morgan fingerprint density at radius 2 is 1.19 bits per heavy atom. The van der Waals surface area contributed by atoms with E-state index >= 15 is 0 Å². The number of imidazole rings is 1. The van der Waals surface area contributed by atoms with Crippen molar-refractivity contribution in [2.24, 2.45) is 33.8 Å². The highest BCUT2D eigenvalue weighted by molar-refractivity contribution is 5.98. The third kappa shape index (κ3) is 18.5. The smallest absolute Gasteiger partial charge is 0.326 e. The number of aliphatic carboxylic acids is 2. The van der Waals surface area contributed by atoms with Crippen molar-refractivity contribution in [2.45, 2.75) is 94.7 Å². The maximum absolute atomic E-state index is 13.8. The molecule has 0 fully saturated rings. The lowest BCUT2D eigenvalue weighted by Crippen LogP contribution is -2.61. The number of hydrogen-bond acceptors (Lipinski definition) is 14. The molecule has 0 aliphatic carbocycles. The van der Waals surface area contributed by atoms with E-state index < -0.39 is 122 Å². The number of carbonyl (C=O) groups excluding carboxylic acids is 7. The first-order valence-corrected chi connectivity index (χ1v) is 17.7. The van der Waals surface area contributed by atoms with Crippen molar-refractivity contribution >= 4 is 59.2 Å². The van der Waals surface area contributed by atoms with Crippen LogP contribution < -0.4 is 54.8 Å². The summed E-state index contributed by atoms with van der Waals surface area (Å²) in [7, 11) is 0. The van der Waals surface area contributed by atoms with Crippen molar-refractivity contribution in [3.8, 4) is 0 Å². The molecule has 324 valence electrons. The zero-order valence-electron chi connectivity index (χ0n) is 31.8. The molecule has 19 N–H and O–H groups in total. The molecule has 0 unspecified atom stereocenters. The first-order chi connectivity index (χ1) is 27.2. The van der Waals surface area contributed by atoms with Crippen LogP contribution in [0.2, 0.25) is 0 Å². The number of aliphatic hydroxyl groups is 2. The maximum Gasteiger partial charge on any atom is 0.326 e. The largest absolute Gasteiger partial charge is 0.481 e. The molecular formula is C32H53N13O13. The first-order valence-electron chi connectivity index (χ1n) is 17.7. The molecule has 1 aromatic rings. The van der Waals surface area contributed by atoms with Crippen LogP contribution >= 0.6 is 0 Å². The van der Waals surface area contributed by atoms with Crippen LogP contribution in [0, 0.1) is 5.92 Å². The van der Waals surface area contributed by atoms with Crippen LogP contribution in [0.4, 0.5) is 0 Å². The second kappa shape index (κ2) is 25.0. The number of amides is 7. The van der Waals surface area contributed by atoms with E-state index in [1.165, 1.54) is 12.5 Å². The van der Waals surface area contributed by atoms with E-state index in [2.05, 4.69) is 41.5 Å². The number of H-pyrrole nitrogens is 1. The molecule has 26 heteroatoms. The van der Waals surface area contributed by atoms with Gasteiger partial charge in [-0.1, -0.05) is 13.8 Å². The molecule has 0 aliphatic rings. The Morgan fingerprint density at radius 1 is 0.707 bits per heavy atom. The van der Waals surface area contributed by atoms with Gasteiger partial charge in [0.05, 0.1) is 38.4 Å². The molecule has 26 nitrogen and oxygen atoms in total. The highest BCUT2D eigenvalue weighted by atomic mass is 16.4. The van der Waals surface area contributed by atoms with E-state index in [1.807, 2.05) is 5.32 Å². The summed E-state index contributed by atoms with van der Waals surface area (Å²) < 4.78 is 0. The number of nitrogens with two attached hydrogens (primary N) is 4. The number of nitrogens with zero attached hydrogens (tertiary/aromatic N) is 2. The van der Waals surface area contributed by atoms with Crippen LogP contribution in [0.3, 0.4) is 0 Å². The van der Waals surface area contributed by atoms with Crippen molar-refractivity contribution in [1.29, 1.82) is 0 Å². The Kier molecular flexibility index (Phi) is 21.4. The zero-order valence-corrected chi connectivity index (χ0v) is 31.8. The van der Waals surface area contributed by atoms with E-state index in [9.17, 15) is 63.6 Å². The van der Waals surface area contributed by atoms with Gasteiger partial charge in [-0.2, -0.15) is 0 Å². The summed E-state index contributed by atoms with van der Waals surface area (Å²) in [5.74, 6) is -11.2. The van der Waals surface area contributed by atoms with Crippen molar-refractivity contribution < 1.29 is 63.6 Å². The van der Waals surface area contributed by atoms with Gasteiger partial charge in [-0.25, -0.2) is 9.78 Å². The molecule has 1 rings (SSSR count). The third-order valence-electron chi connectivity index (χ3n) is 7.92. The molecular weight excluding hydrogens is 774 g/mol. The number of rotatable bonds is 27. The van der Waals surface area contributed by atoms with Gasteiger partial charge in [0.25, 0.3) is 0 Å². The Labute approximate surface area is 331 Å². The number of guanidine groups is 1. The summed E-state index contributed by atoms with van der Waals surface area (Å²) in [6.45, 7) is 1.49. The summed E-state index contributed by atoms with van der Waals surface area (Å²) in [5.41, 5.74) is 21.6. The Bertz CT molecular complexity index is 1620. The Balaban J connectivity index is 3.25. The second-order valence-electron chi connectivity index (χ2n) is 13.3. The predicted molar refractivity (Wildman–Crippen MR) is 199 cm³/mol. The minimum atomic E-state index is -1.89. The monoisotopic (exact) mass is 827 g/mol. The van der Waals surface area contributed by atoms with Crippen molar-refractivity contribution in [3.05, 3.63) is 18.2 Å². The van der Waals surface area contributed by atoms with Crippen LogP contribution in [0.15, 0.2) is 17.5 Å². The van der Waals surface area contributed by atoms with E-state index in [0.29, 0.717) is 0 Å². The van der Waals surface area contributed by atoms with Gasteiger partial charge in [0, 0.05) is 24.9 Å². The number of carboxylic acid groups (broad SMARTS) is 2. The van der Waals surface area contributed by atoms with E-state index in [4.69, 9.17) is 22.9 Å². The molecule has 1 aromatic heterocycles. The quantitative estimate of drug-likeness (QED) is 0.0222. The number of primary amides is 1. The highest BCUT2D eigenvalue weighted by Crippen LogP contribution is 2.09. The first kappa shape index (κ1) is 49.6. The van der Waals surface area contributed by atoms with Gasteiger partial charge >= 0.3 is 11.9 Å². The standard InChI is InChI=1S/C32H53N13O13/c1-14(2)6-17(26(52)45-22(12-47)30(56)43-20(31(57)58)8-23(34)48)40-27(53)18(7-15-10-37-13-39-15)41-28(54)19(9-24(49)50)42-29(55)21(11-46)44-25(51)16(33)4-3-5-38-32(35)36/h10,13-14,16-22,46-47H,3-9,11-12,33H2,1-2H3,(H2,34,48)(H,37,39)(H,40,53)(H,41,54)(H,42,55)(H,43,56)(H,44,51)(H,45,52)(H,49,50)(H,57,58)(H4,35,36,38)/t16-,17-,18-,19-,20-,21-,22-/m0/s1. The molecule has 0 radical (unpaired) electrons. The minimum Gasteiger partial charge on any atom is -0.481 e.